The predicted molar refractivity (Wildman–Crippen MR) is 233 cm³/mol. The van der Waals surface area contributed by atoms with Crippen LogP contribution in [0.25, 0.3) is 73.5 Å². The van der Waals surface area contributed by atoms with Gasteiger partial charge in [0, 0.05) is 46.9 Å². The van der Waals surface area contributed by atoms with Crippen LogP contribution in [-0.2, 0) is 6.42 Å². The fraction of sp³-hybridized carbons (Fsp3) is 0.151. The molecule has 0 saturated heterocycles. The third kappa shape index (κ3) is 7.10. The van der Waals surface area contributed by atoms with Gasteiger partial charge in [-0.15, -0.1) is 5.92 Å². The fourth-order valence-electron chi connectivity index (χ4n) is 8.42. The molecule has 3 aliphatic carbocycles. The van der Waals surface area contributed by atoms with Crippen LogP contribution in [0.2, 0.25) is 0 Å². The number of benzene rings is 5. The smallest absolute Gasteiger partial charge is 0.164 e. The van der Waals surface area contributed by atoms with Crippen molar-refractivity contribution < 1.29 is 4.42 Å². The summed E-state index contributed by atoms with van der Waals surface area (Å²) in [6.07, 6.45) is 17.5. The summed E-state index contributed by atoms with van der Waals surface area (Å²) >= 11 is 0. The van der Waals surface area contributed by atoms with Gasteiger partial charge in [-0.1, -0.05) is 139 Å². The van der Waals surface area contributed by atoms with E-state index in [0.717, 1.165) is 101 Å². The minimum absolute atomic E-state index is 0.634. The van der Waals surface area contributed by atoms with Gasteiger partial charge in [0.15, 0.2) is 17.5 Å². The number of hydrogen-bond donors (Lipinski definition) is 0. The average Bonchev–Trinajstić information content (AvgIpc) is 3.65. The molecule has 0 spiro atoms. The highest BCUT2D eigenvalue weighted by Gasteiger charge is 2.25. The maximum atomic E-state index is 6.56. The van der Waals surface area contributed by atoms with Crippen molar-refractivity contribution in [1.29, 1.82) is 0 Å². The molecular formula is C53H41N3O. The molecule has 0 amide bonds. The Hall–Kier alpha value is -6.83. The first-order valence-electron chi connectivity index (χ1n) is 20.1. The molecule has 0 fully saturated rings. The number of allylic oxidation sites excluding steroid dienone is 7. The van der Waals surface area contributed by atoms with Crippen LogP contribution in [0.1, 0.15) is 56.3 Å². The Morgan fingerprint density at radius 2 is 1.07 bits per heavy atom. The monoisotopic (exact) mass is 735 g/mol. The molecule has 5 aromatic carbocycles. The van der Waals surface area contributed by atoms with E-state index in [4.69, 9.17) is 19.4 Å². The van der Waals surface area contributed by atoms with Gasteiger partial charge in [0.1, 0.15) is 11.3 Å². The normalized spacial score (nSPS) is 16.1. The number of fused-ring (bicyclic) bond motifs is 3. The van der Waals surface area contributed by atoms with Crippen LogP contribution in [0.15, 0.2) is 172 Å². The SMILES string of the molecule is C1#CCCC/C(C2=CC=C(C3=Cc4c(oc5cccc(-c6nc(-c7ccccc7)nc(-c7ccc(-c8cccc(-c9ccccc9)c8)cc7)n6)c45)CC3)CC2)=C\C1. The van der Waals surface area contributed by atoms with Crippen molar-refractivity contribution in [1.82, 2.24) is 15.0 Å². The van der Waals surface area contributed by atoms with Crippen molar-refractivity contribution >= 4 is 17.0 Å². The van der Waals surface area contributed by atoms with Crippen LogP contribution in [0.3, 0.4) is 0 Å². The zero-order chi connectivity index (χ0) is 38.0. The summed E-state index contributed by atoms with van der Waals surface area (Å²) in [5, 5.41) is 1.06. The minimum Gasteiger partial charge on any atom is -0.460 e. The molecule has 4 nitrogen and oxygen atoms in total. The zero-order valence-electron chi connectivity index (χ0n) is 31.8. The summed E-state index contributed by atoms with van der Waals surface area (Å²) in [7, 11) is 0. The van der Waals surface area contributed by atoms with Crippen LogP contribution in [0.4, 0.5) is 0 Å². The summed E-state index contributed by atoms with van der Waals surface area (Å²) in [5.41, 5.74) is 15.3. The molecule has 274 valence electrons. The number of aryl methyl sites for hydroxylation is 1. The Labute approximate surface area is 334 Å². The Bertz CT molecular complexity index is 2830. The molecule has 2 heterocycles. The molecule has 4 heteroatoms. The standard InChI is InChI=1S/C53H41N3O/c1-2-6-14-36(15-7-3-1)38-24-26-40(27-25-38)45-32-33-48-47(35-45)50-46(22-13-23-49(50)57-48)53-55-51(41-18-10-5-11-19-41)54-52(56-53)42-30-28-39(29-31-42)44-21-12-20-43(34-44)37-16-8-4-9-17-37/h4-5,8-13,15-24,26,28-31,34-35H,2,6-7,14,25,27,32-33H2/b36-15+. The molecule has 7 aromatic rings. The van der Waals surface area contributed by atoms with Crippen LogP contribution < -0.4 is 0 Å². The topological polar surface area (TPSA) is 51.8 Å². The van der Waals surface area contributed by atoms with Gasteiger partial charge >= 0.3 is 0 Å². The van der Waals surface area contributed by atoms with E-state index in [9.17, 15) is 0 Å². The Morgan fingerprint density at radius 3 is 1.81 bits per heavy atom. The van der Waals surface area contributed by atoms with E-state index in [2.05, 4.69) is 139 Å². The molecule has 0 bridgehead atoms. The van der Waals surface area contributed by atoms with Crippen molar-refractivity contribution in [3.8, 4) is 68.3 Å². The third-order valence-electron chi connectivity index (χ3n) is 11.4. The van der Waals surface area contributed by atoms with Gasteiger partial charge in [-0.2, -0.15) is 0 Å². The molecule has 57 heavy (non-hydrogen) atoms. The quantitative estimate of drug-likeness (QED) is 0.153. The zero-order valence-corrected chi connectivity index (χ0v) is 31.8. The number of furan rings is 1. The molecule has 3 aliphatic rings. The number of nitrogens with zero attached hydrogens (tertiary/aromatic N) is 3. The van der Waals surface area contributed by atoms with E-state index >= 15 is 0 Å². The van der Waals surface area contributed by atoms with Gasteiger partial charge in [-0.25, -0.2) is 15.0 Å². The summed E-state index contributed by atoms with van der Waals surface area (Å²) < 4.78 is 6.56. The van der Waals surface area contributed by atoms with Gasteiger partial charge < -0.3 is 4.42 Å². The van der Waals surface area contributed by atoms with Gasteiger partial charge in [0.2, 0.25) is 0 Å². The van der Waals surface area contributed by atoms with Crippen LogP contribution in [-0.4, -0.2) is 15.0 Å². The summed E-state index contributed by atoms with van der Waals surface area (Å²) in [5.74, 6) is 9.50. The highest BCUT2D eigenvalue weighted by molar-refractivity contribution is 6.00. The first kappa shape index (κ1) is 34.6. The lowest BCUT2D eigenvalue weighted by atomic mass is 9.83. The molecule has 0 N–H and O–H groups in total. The lowest BCUT2D eigenvalue weighted by molar-refractivity contribution is 0.543. The first-order valence-corrected chi connectivity index (χ1v) is 20.1. The number of aromatic nitrogens is 3. The summed E-state index contributed by atoms with van der Waals surface area (Å²) in [6.45, 7) is 0. The molecule has 0 atom stereocenters. The van der Waals surface area contributed by atoms with Gasteiger partial charge in [0.05, 0.1) is 0 Å². The van der Waals surface area contributed by atoms with Gasteiger partial charge in [-0.3, -0.25) is 0 Å². The van der Waals surface area contributed by atoms with Crippen LogP contribution >= 0.6 is 0 Å². The van der Waals surface area contributed by atoms with Gasteiger partial charge in [0.25, 0.3) is 0 Å². The number of rotatable bonds is 7. The molecule has 0 radical (unpaired) electrons. The highest BCUT2D eigenvalue weighted by atomic mass is 16.3. The van der Waals surface area contributed by atoms with Gasteiger partial charge in [-0.05, 0) is 94.9 Å². The summed E-state index contributed by atoms with van der Waals surface area (Å²) in [6, 6.07) is 44.2. The molecule has 0 aliphatic heterocycles. The van der Waals surface area contributed by atoms with E-state index in [1.807, 2.05) is 24.3 Å². The minimum atomic E-state index is 0.634. The van der Waals surface area contributed by atoms with Crippen molar-refractivity contribution in [2.45, 2.75) is 51.4 Å². The Balaban J connectivity index is 1.02. The molecule has 0 saturated carbocycles. The van der Waals surface area contributed by atoms with Crippen LogP contribution in [0, 0.1) is 11.8 Å². The van der Waals surface area contributed by atoms with E-state index < -0.39 is 0 Å². The van der Waals surface area contributed by atoms with Crippen molar-refractivity contribution in [2.24, 2.45) is 0 Å². The Kier molecular flexibility index (Phi) is 9.34. The first-order chi connectivity index (χ1) is 28.2. The largest absolute Gasteiger partial charge is 0.460 e. The van der Waals surface area contributed by atoms with Crippen molar-refractivity contribution in [3.05, 3.63) is 179 Å². The van der Waals surface area contributed by atoms with E-state index in [0.29, 0.717) is 17.5 Å². The van der Waals surface area contributed by atoms with Crippen LogP contribution in [0.5, 0.6) is 0 Å². The second-order valence-corrected chi connectivity index (χ2v) is 15.0. The molecule has 10 rings (SSSR count). The maximum Gasteiger partial charge on any atom is 0.164 e. The molecule has 0 unspecified atom stereocenters. The second kappa shape index (κ2) is 15.4. The van der Waals surface area contributed by atoms with Crippen molar-refractivity contribution in [3.63, 3.8) is 0 Å². The predicted octanol–water partition coefficient (Wildman–Crippen LogP) is 13.4. The average molecular weight is 736 g/mol. The number of hydrogen-bond acceptors (Lipinski definition) is 4. The third-order valence-corrected chi connectivity index (χ3v) is 11.4. The lowest BCUT2D eigenvalue weighted by Crippen LogP contribution is -2.04. The fourth-order valence-corrected chi connectivity index (χ4v) is 8.42. The maximum absolute atomic E-state index is 6.56. The summed E-state index contributed by atoms with van der Waals surface area (Å²) in [4.78, 5) is 15.4. The van der Waals surface area contributed by atoms with E-state index in [-0.39, 0.29) is 0 Å². The Morgan fingerprint density at radius 1 is 0.474 bits per heavy atom. The highest BCUT2D eigenvalue weighted by Crippen LogP contribution is 2.42. The van der Waals surface area contributed by atoms with Crippen molar-refractivity contribution in [2.75, 3.05) is 0 Å². The lowest BCUT2D eigenvalue weighted by Gasteiger charge is -2.21. The van der Waals surface area contributed by atoms with E-state index in [1.165, 1.54) is 33.4 Å². The molecular weight excluding hydrogens is 695 g/mol. The van der Waals surface area contributed by atoms with E-state index in [1.54, 1.807) is 0 Å². The second-order valence-electron chi connectivity index (χ2n) is 15.0. The molecule has 2 aromatic heterocycles.